The molecule has 2 aromatic heterocycles. The van der Waals surface area contributed by atoms with Crippen LogP contribution in [0.4, 0.5) is 0 Å². The number of aromatic nitrogens is 2. The molecule has 2 amide bonds. The van der Waals surface area contributed by atoms with Crippen molar-refractivity contribution in [3.63, 3.8) is 0 Å². The molecule has 1 aliphatic heterocycles. The van der Waals surface area contributed by atoms with Crippen molar-refractivity contribution in [2.45, 2.75) is 32.1 Å². The quantitative estimate of drug-likeness (QED) is 0.276. The number of carbonyl (C=O) groups excluding carboxylic acids is 2. The number of hydrogen-bond acceptors (Lipinski definition) is 4. The predicted octanol–water partition coefficient (Wildman–Crippen LogP) is 5.95. The van der Waals surface area contributed by atoms with Crippen LogP contribution in [-0.2, 0) is 11.2 Å². The molecule has 5 rings (SSSR count). The van der Waals surface area contributed by atoms with Crippen LogP contribution in [0.2, 0.25) is 0 Å². The van der Waals surface area contributed by atoms with Crippen molar-refractivity contribution in [1.29, 1.82) is 0 Å². The number of carbonyl (C=O) groups is 2. The Labute approximate surface area is 233 Å². The van der Waals surface area contributed by atoms with Crippen molar-refractivity contribution < 1.29 is 9.59 Å². The Morgan fingerprint density at radius 2 is 1.82 bits per heavy atom. The molecule has 2 N–H and O–H groups in total. The number of para-hydroxylation sites is 1. The highest BCUT2D eigenvalue weighted by molar-refractivity contribution is 8.02. The van der Waals surface area contributed by atoms with E-state index in [1.54, 1.807) is 0 Å². The third kappa shape index (κ3) is 6.79. The lowest BCUT2D eigenvalue weighted by Gasteiger charge is -2.32. The van der Waals surface area contributed by atoms with Crippen LogP contribution in [0.1, 0.15) is 51.6 Å². The second kappa shape index (κ2) is 12.8. The normalized spacial score (nSPS) is 14.2. The third-order valence-corrected chi connectivity index (χ3v) is 8.00. The number of fused-ring (bicyclic) bond motifs is 1. The fourth-order valence-electron chi connectivity index (χ4n) is 5.13. The van der Waals surface area contributed by atoms with E-state index in [9.17, 15) is 9.59 Å². The van der Waals surface area contributed by atoms with Crippen LogP contribution in [0.25, 0.3) is 17.0 Å². The largest absolute Gasteiger partial charge is 0.361 e. The van der Waals surface area contributed by atoms with Crippen molar-refractivity contribution in [2.75, 3.05) is 25.4 Å². The van der Waals surface area contributed by atoms with Crippen molar-refractivity contribution in [3.05, 3.63) is 106 Å². The molecule has 0 radical (unpaired) electrons. The standard InChI is InChI=1S/C32H34N4O2S/c1-23-11-12-28(32(38)33-17-13-26-21-34-29-10-6-5-9-27(26)29)31(35-23)25-14-18-36(19-15-25)30(37)22-39-20-16-24-7-3-2-4-8-24/h2-12,16,20-21,25,34H,13-15,17-19,22H2,1H3,(H,33,38). The number of pyridine rings is 1. The van der Waals surface area contributed by atoms with Gasteiger partial charge in [-0.15, -0.1) is 11.8 Å². The van der Waals surface area contributed by atoms with Gasteiger partial charge in [-0.05, 0) is 67.0 Å². The zero-order valence-electron chi connectivity index (χ0n) is 22.2. The zero-order valence-corrected chi connectivity index (χ0v) is 23.0. The summed E-state index contributed by atoms with van der Waals surface area (Å²) in [6.45, 7) is 3.88. The number of aryl methyl sites for hydroxylation is 1. The molecule has 4 aromatic rings. The summed E-state index contributed by atoms with van der Waals surface area (Å²) < 4.78 is 0. The number of likely N-dealkylation sites (tertiary alicyclic amines) is 1. The molecule has 6 nitrogen and oxygen atoms in total. The molecule has 2 aromatic carbocycles. The van der Waals surface area contributed by atoms with Crippen molar-refractivity contribution in [3.8, 4) is 0 Å². The summed E-state index contributed by atoms with van der Waals surface area (Å²) in [7, 11) is 0. The van der Waals surface area contributed by atoms with Crippen molar-refractivity contribution >= 4 is 40.6 Å². The number of aromatic amines is 1. The highest BCUT2D eigenvalue weighted by Gasteiger charge is 2.27. The summed E-state index contributed by atoms with van der Waals surface area (Å²) in [5.41, 5.74) is 5.83. The van der Waals surface area contributed by atoms with Crippen LogP contribution in [0.15, 0.2) is 78.3 Å². The SMILES string of the molecule is Cc1ccc(C(=O)NCCc2c[nH]c3ccccc23)c(C2CCN(C(=O)CSC=Cc3ccccc3)CC2)n1. The number of amides is 2. The van der Waals surface area contributed by atoms with Gasteiger partial charge in [-0.1, -0.05) is 48.5 Å². The summed E-state index contributed by atoms with van der Waals surface area (Å²) in [5, 5.41) is 6.28. The van der Waals surface area contributed by atoms with Gasteiger partial charge in [-0.2, -0.15) is 0 Å². The average Bonchev–Trinajstić information content (AvgIpc) is 3.39. The van der Waals surface area contributed by atoms with E-state index in [-0.39, 0.29) is 17.7 Å². The first kappa shape index (κ1) is 26.8. The van der Waals surface area contributed by atoms with Gasteiger partial charge in [0, 0.05) is 48.3 Å². The Hall–Kier alpha value is -3.84. The fourth-order valence-corrected chi connectivity index (χ4v) is 5.80. The van der Waals surface area contributed by atoms with Gasteiger partial charge >= 0.3 is 0 Å². The minimum absolute atomic E-state index is 0.0857. The van der Waals surface area contributed by atoms with E-state index in [1.165, 1.54) is 22.7 Å². The molecule has 1 aliphatic rings. The van der Waals surface area contributed by atoms with Crippen molar-refractivity contribution in [1.82, 2.24) is 20.2 Å². The van der Waals surface area contributed by atoms with Gasteiger partial charge in [0.2, 0.25) is 5.91 Å². The summed E-state index contributed by atoms with van der Waals surface area (Å²) >= 11 is 1.52. The van der Waals surface area contributed by atoms with Crippen LogP contribution in [0.5, 0.6) is 0 Å². The van der Waals surface area contributed by atoms with E-state index < -0.39 is 0 Å². The number of H-pyrrole nitrogens is 1. The number of benzene rings is 2. The van der Waals surface area contributed by atoms with Crippen LogP contribution in [0, 0.1) is 6.92 Å². The molecule has 0 atom stereocenters. The molecule has 7 heteroatoms. The van der Waals surface area contributed by atoms with Gasteiger partial charge in [-0.3, -0.25) is 14.6 Å². The Bertz CT molecular complexity index is 1460. The van der Waals surface area contributed by atoms with E-state index in [0.717, 1.165) is 41.7 Å². The van der Waals surface area contributed by atoms with Gasteiger partial charge < -0.3 is 15.2 Å². The molecule has 0 aliphatic carbocycles. The van der Waals surface area contributed by atoms with Crippen molar-refractivity contribution in [2.24, 2.45) is 0 Å². The van der Waals surface area contributed by atoms with E-state index >= 15 is 0 Å². The lowest BCUT2D eigenvalue weighted by Crippen LogP contribution is -2.39. The van der Waals surface area contributed by atoms with Crippen LogP contribution in [0.3, 0.4) is 0 Å². The van der Waals surface area contributed by atoms with Crippen LogP contribution < -0.4 is 5.32 Å². The predicted molar refractivity (Wildman–Crippen MR) is 160 cm³/mol. The maximum absolute atomic E-state index is 13.2. The molecule has 1 fully saturated rings. The Morgan fingerprint density at radius 1 is 1.05 bits per heavy atom. The average molecular weight is 539 g/mol. The lowest BCUT2D eigenvalue weighted by atomic mass is 9.89. The Morgan fingerprint density at radius 3 is 2.64 bits per heavy atom. The number of nitrogens with zero attached hydrogens (tertiary/aromatic N) is 2. The summed E-state index contributed by atoms with van der Waals surface area (Å²) in [5.74, 6) is 0.663. The lowest BCUT2D eigenvalue weighted by molar-refractivity contribution is -0.129. The third-order valence-electron chi connectivity index (χ3n) is 7.26. The molecular formula is C32H34N4O2S. The summed E-state index contributed by atoms with van der Waals surface area (Å²) in [6, 6.07) is 22.1. The van der Waals surface area contributed by atoms with Crippen LogP contribution >= 0.6 is 11.8 Å². The first-order chi connectivity index (χ1) is 19.1. The van der Waals surface area contributed by atoms with Gasteiger partial charge in [0.05, 0.1) is 17.0 Å². The van der Waals surface area contributed by atoms with Gasteiger partial charge in [0.25, 0.3) is 5.91 Å². The smallest absolute Gasteiger partial charge is 0.253 e. The Kier molecular flexibility index (Phi) is 8.78. The second-order valence-electron chi connectivity index (χ2n) is 9.93. The van der Waals surface area contributed by atoms with E-state index in [4.69, 9.17) is 4.98 Å². The highest BCUT2D eigenvalue weighted by atomic mass is 32.2. The number of rotatable bonds is 9. The first-order valence-electron chi connectivity index (χ1n) is 13.5. The van der Waals surface area contributed by atoms with E-state index in [2.05, 4.69) is 22.4 Å². The molecule has 0 spiro atoms. The maximum Gasteiger partial charge on any atom is 0.253 e. The molecule has 200 valence electrons. The molecule has 3 heterocycles. The van der Waals surface area contributed by atoms with E-state index in [0.29, 0.717) is 31.0 Å². The number of thioether (sulfide) groups is 1. The molecule has 39 heavy (non-hydrogen) atoms. The molecule has 0 saturated carbocycles. The number of piperidine rings is 1. The second-order valence-corrected chi connectivity index (χ2v) is 10.8. The summed E-state index contributed by atoms with van der Waals surface area (Å²) in [4.78, 5) is 36.0. The van der Waals surface area contributed by atoms with E-state index in [1.807, 2.05) is 84.1 Å². The minimum atomic E-state index is -0.0857. The van der Waals surface area contributed by atoms with Crippen LogP contribution in [-0.4, -0.2) is 52.1 Å². The first-order valence-corrected chi connectivity index (χ1v) is 14.5. The molecule has 0 bridgehead atoms. The monoisotopic (exact) mass is 538 g/mol. The van der Waals surface area contributed by atoms with Gasteiger partial charge in [0.1, 0.15) is 0 Å². The molecule has 1 saturated heterocycles. The molecular weight excluding hydrogens is 504 g/mol. The zero-order chi connectivity index (χ0) is 27.0. The highest BCUT2D eigenvalue weighted by Crippen LogP contribution is 2.30. The van der Waals surface area contributed by atoms with Gasteiger partial charge in [0.15, 0.2) is 0 Å². The number of hydrogen-bond donors (Lipinski definition) is 2. The van der Waals surface area contributed by atoms with Gasteiger partial charge in [-0.25, -0.2) is 0 Å². The Balaban J connectivity index is 1.14. The summed E-state index contributed by atoms with van der Waals surface area (Å²) in [6.07, 6.45) is 6.41. The maximum atomic E-state index is 13.2. The number of nitrogens with one attached hydrogen (secondary N) is 2. The topological polar surface area (TPSA) is 78.1 Å². The fraction of sp³-hybridized carbons (Fsp3) is 0.281. The minimum Gasteiger partial charge on any atom is -0.361 e. The molecule has 0 unspecified atom stereocenters.